The van der Waals surface area contributed by atoms with Gasteiger partial charge in [0.25, 0.3) is 0 Å². The van der Waals surface area contributed by atoms with E-state index in [-0.39, 0.29) is 0 Å². The van der Waals surface area contributed by atoms with Crippen molar-refractivity contribution in [3.05, 3.63) is 51.5 Å². The quantitative estimate of drug-likeness (QED) is 0.870. The maximum atomic E-state index is 4.44. The van der Waals surface area contributed by atoms with Gasteiger partial charge in [0.2, 0.25) is 0 Å². The summed E-state index contributed by atoms with van der Waals surface area (Å²) in [5, 5.41) is 6.97. The first-order chi connectivity index (χ1) is 9.86. The van der Waals surface area contributed by atoms with Gasteiger partial charge in [-0.1, -0.05) is 25.1 Å². The lowest BCUT2D eigenvalue weighted by Crippen LogP contribution is -2.24. The van der Waals surface area contributed by atoms with Crippen molar-refractivity contribution in [3.8, 4) is 0 Å². The monoisotopic (exact) mass is 286 g/mol. The molecule has 1 aliphatic carbocycles. The Morgan fingerprint density at radius 1 is 1.30 bits per heavy atom. The molecule has 1 atom stereocenters. The van der Waals surface area contributed by atoms with Crippen LogP contribution in [-0.2, 0) is 19.3 Å². The Morgan fingerprint density at radius 2 is 2.20 bits per heavy atom. The summed E-state index contributed by atoms with van der Waals surface area (Å²) in [5.41, 5.74) is 4.54. The number of fused-ring (bicyclic) bond motifs is 1. The molecular weight excluding hydrogens is 264 g/mol. The third-order valence-electron chi connectivity index (χ3n) is 4.03. The molecule has 0 spiro atoms. The average Bonchev–Trinajstić information content (AvgIpc) is 3.13. The van der Waals surface area contributed by atoms with Crippen LogP contribution in [-0.4, -0.2) is 11.5 Å². The minimum atomic E-state index is 0.395. The highest BCUT2D eigenvalue weighted by Crippen LogP contribution is 2.27. The fraction of sp³-hybridized carbons (Fsp3) is 0.471. The van der Waals surface area contributed by atoms with Crippen LogP contribution in [0.1, 0.15) is 47.5 Å². The summed E-state index contributed by atoms with van der Waals surface area (Å²) in [6.45, 7) is 3.28. The third-order valence-corrected chi connectivity index (χ3v) is 4.83. The van der Waals surface area contributed by atoms with Crippen LogP contribution in [0.15, 0.2) is 29.8 Å². The number of aromatic nitrogens is 1. The molecule has 1 heterocycles. The largest absolute Gasteiger partial charge is 0.310 e. The molecule has 1 aromatic heterocycles. The van der Waals surface area contributed by atoms with Gasteiger partial charge < -0.3 is 5.32 Å². The van der Waals surface area contributed by atoms with Crippen LogP contribution in [0.5, 0.6) is 0 Å². The summed E-state index contributed by atoms with van der Waals surface area (Å²) in [5.74, 6) is 0. The van der Waals surface area contributed by atoms with E-state index < -0.39 is 0 Å². The molecule has 0 saturated carbocycles. The van der Waals surface area contributed by atoms with Crippen molar-refractivity contribution in [2.24, 2.45) is 0 Å². The predicted octanol–water partition coefficient (Wildman–Crippen LogP) is 3.92. The highest BCUT2D eigenvalue weighted by molar-refractivity contribution is 7.09. The van der Waals surface area contributed by atoms with Gasteiger partial charge in [-0.05, 0) is 48.9 Å². The maximum absolute atomic E-state index is 4.44. The summed E-state index contributed by atoms with van der Waals surface area (Å²) >= 11 is 1.75. The van der Waals surface area contributed by atoms with E-state index >= 15 is 0 Å². The molecule has 3 heteroatoms. The van der Waals surface area contributed by atoms with Crippen molar-refractivity contribution < 1.29 is 0 Å². The van der Waals surface area contributed by atoms with Gasteiger partial charge in [0.05, 0.1) is 5.01 Å². The fourth-order valence-electron chi connectivity index (χ4n) is 2.96. The molecule has 1 aromatic carbocycles. The number of thiazole rings is 1. The Morgan fingerprint density at radius 3 is 3.00 bits per heavy atom. The summed E-state index contributed by atoms with van der Waals surface area (Å²) < 4.78 is 0. The normalized spacial score (nSPS) is 15.2. The molecule has 1 N–H and O–H groups in total. The summed E-state index contributed by atoms with van der Waals surface area (Å²) in [4.78, 5) is 4.44. The molecule has 3 rings (SSSR count). The van der Waals surface area contributed by atoms with Crippen LogP contribution in [0.4, 0.5) is 0 Å². The Hall–Kier alpha value is -1.19. The molecule has 0 radical (unpaired) electrons. The molecule has 2 nitrogen and oxygen atoms in total. The highest BCUT2D eigenvalue weighted by atomic mass is 32.1. The minimum absolute atomic E-state index is 0.395. The van der Waals surface area contributed by atoms with E-state index in [1.54, 1.807) is 22.5 Å². The number of aryl methyl sites for hydroxylation is 2. The third kappa shape index (κ3) is 3.10. The molecule has 1 unspecified atom stereocenters. The highest BCUT2D eigenvalue weighted by Gasteiger charge is 2.17. The van der Waals surface area contributed by atoms with Crippen molar-refractivity contribution in [2.45, 2.75) is 45.1 Å². The average molecular weight is 286 g/mol. The van der Waals surface area contributed by atoms with Crippen molar-refractivity contribution in [3.63, 3.8) is 0 Å². The second-order valence-corrected chi connectivity index (χ2v) is 6.50. The molecule has 0 saturated heterocycles. The van der Waals surface area contributed by atoms with Crippen molar-refractivity contribution in [1.29, 1.82) is 0 Å². The zero-order chi connectivity index (χ0) is 13.8. The number of rotatable bonds is 6. The second kappa shape index (κ2) is 6.51. The van der Waals surface area contributed by atoms with Gasteiger partial charge in [0.1, 0.15) is 0 Å². The smallest absolute Gasteiger partial charge is 0.0943 e. The zero-order valence-electron chi connectivity index (χ0n) is 12.1. The standard InChI is InChI=1S/C17H22N2S/c1-2-8-18-16(12-17-19-9-10-20-17)15-7-6-13-4-3-5-14(13)11-15/h6-7,9-11,16,18H,2-5,8,12H2,1H3. The number of hydrogen-bond donors (Lipinski definition) is 1. The van der Waals surface area contributed by atoms with E-state index in [2.05, 4.69) is 40.8 Å². The molecule has 0 aliphatic heterocycles. The van der Waals surface area contributed by atoms with E-state index in [0.29, 0.717) is 6.04 Å². The van der Waals surface area contributed by atoms with Crippen molar-refractivity contribution in [1.82, 2.24) is 10.3 Å². The predicted molar refractivity (Wildman–Crippen MR) is 85.3 cm³/mol. The van der Waals surface area contributed by atoms with Crippen LogP contribution in [0.25, 0.3) is 0 Å². The van der Waals surface area contributed by atoms with Crippen molar-refractivity contribution in [2.75, 3.05) is 6.54 Å². The van der Waals surface area contributed by atoms with Gasteiger partial charge in [-0.3, -0.25) is 0 Å². The van der Waals surface area contributed by atoms with Crippen LogP contribution >= 0.6 is 11.3 Å². The topological polar surface area (TPSA) is 24.9 Å². The van der Waals surface area contributed by atoms with Crippen LogP contribution in [0.2, 0.25) is 0 Å². The maximum Gasteiger partial charge on any atom is 0.0943 e. The van der Waals surface area contributed by atoms with Crippen LogP contribution in [0, 0.1) is 0 Å². The van der Waals surface area contributed by atoms with Gasteiger partial charge in [-0.25, -0.2) is 4.98 Å². The first kappa shape index (κ1) is 13.8. The van der Waals surface area contributed by atoms with Crippen LogP contribution < -0.4 is 5.32 Å². The Balaban J connectivity index is 1.80. The Kier molecular flexibility index (Phi) is 4.48. The van der Waals surface area contributed by atoms with Gasteiger partial charge in [-0.2, -0.15) is 0 Å². The molecule has 20 heavy (non-hydrogen) atoms. The molecule has 2 aromatic rings. The summed E-state index contributed by atoms with van der Waals surface area (Å²) in [7, 11) is 0. The van der Waals surface area contributed by atoms with E-state index in [9.17, 15) is 0 Å². The number of benzene rings is 1. The lowest BCUT2D eigenvalue weighted by atomic mass is 9.99. The first-order valence-electron chi connectivity index (χ1n) is 7.60. The Labute approximate surface area is 125 Å². The van der Waals surface area contributed by atoms with E-state index in [1.807, 2.05) is 6.20 Å². The number of hydrogen-bond acceptors (Lipinski definition) is 3. The van der Waals surface area contributed by atoms with Crippen LogP contribution in [0.3, 0.4) is 0 Å². The SMILES string of the molecule is CCCNC(Cc1nccs1)c1ccc2c(c1)CCC2. The summed E-state index contributed by atoms with van der Waals surface area (Å²) in [6.07, 6.45) is 7.89. The van der Waals surface area contributed by atoms with E-state index in [4.69, 9.17) is 0 Å². The molecule has 1 aliphatic rings. The zero-order valence-corrected chi connectivity index (χ0v) is 12.9. The fourth-order valence-corrected chi connectivity index (χ4v) is 3.63. The van der Waals surface area contributed by atoms with E-state index in [1.165, 1.54) is 36.3 Å². The van der Waals surface area contributed by atoms with E-state index in [0.717, 1.165) is 13.0 Å². The lowest BCUT2D eigenvalue weighted by Gasteiger charge is -2.19. The molecule has 0 fully saturated rings. The van der Waals surface area contributed by atoms with Gasteiger partial charge in [0.15, 0.2) is 0 Å². The van der Waals surface area contributed by atoms with Gasteiger partial charge >= 0.3 is 0 Å². The lowest BCUT2D eigenvalue weighted by molar-refractivity contribution is 0.528. The van der Waals surface area contributed by atoms with Gasteiger partial charge in [-0.15, -0.1) is 11.3 Å². The molecule has 0 bridgehead atoms. The Bertz CT molecular complexity index is 548. The van der Waals surface area contributed by atoms with Crippen molar-refractivity contribution >= 4 is 11.3 Å². The molecule has 106 valence electrons. The number of nitrogens with one attached hydrogen (secondary N) is 1. The molecule has 0 amide bonds. The first-order valence-corrected chi connectivity index (χ1v) is 8.48. The molecular formula is C17H22N2S. The minimum Gasteiger partial charge on any atom is -0.310 e. The summed E-state index contributed by atoms with van der Waals surface area (Å²) in [6, 6.07) is 7.46. The van der Waals surface area contributed by atoms with Gasteiger partial charge in [0, 0.05) is 24.0 Å². The second-order valence-electron chi connectivity index (χ2n) is 5.52. The number of nitrogens with zero attached hydrogens (tertiary/aromatic N) is 1.